The number of rotatable bonds is 4. The quantitative estimate of drug-likeness (QED) is 0.376. The van der Waals surface area contributed by atoms with Gasteiger partial charge in [-0.05, 0) is 44.4 Å². The average molecular weight is 520 g/mol. The van der Waals surface area contributed by atoms with Crippen LogP contribution < -0.4 is 5.32 Å². The lowest BCUT2D eigenvalue weighted by Gasteiger charge is -2.62. The number of aliphatic imine (C=N–C) groups is 1. The number of benzene rings is 1. The third-order valence-electron chi connectivity index (χ3n) is 6.43. The number of sulfonamides is 1. The Morgan fingerprint density at radius 3 is 2.14 bits per heavy atom. The maximum atomic E-state index is 12.6. The summed E-state index contributed by atoms with van der Waals surface area (Å²) in [4.78, 5) is 7.09. The van der Waals surface area contributed by atoms with Crippen molar-refractivity contribution >= 4 is 40.0 Å². The van der Waals surface area contributed by atoms with Crippen LogP contribution in [0.15, 0.2) is 34.2 Å². The molecule has 0 aromatic heterocycles. The van der Waals surface area contributed by atoms with Gasteiger partial charge in [-0.2, -0.15) is 4.31 Å². The van der Waals surface area contributed by atoms with Crippen LogP contribution in [0.25, 0.3) is 0 Å². The highest BCUT2D eigenvalue weighted by atomic mass is 127. The second-order valence-corrected chi connectivity index (χ2v) is 10.6. The molecule has 0 bridgehead atoms. The molecule has 0 amide bonds. The van der Waals surface area contributed by atoms with Gasteiger partial charge in [0.15, 0.2) is 5.96 Å². The molecule has 0 atom stereocenters. The van der Waals surface area contributed by atoms with Crippen LogP contribution in [0.1, 0.15) is 46.1 Å². The standard InChI is InChI=1S/C20H32N4O2S.HI/c1-19(2)15-24(20(19,3)4)18(21-5)22-14-16-8-10-17(11-9-16)27(25,26)23-12-6-7-13-23;/h8-11H,6-7,12-15H2,1-5H3,(H,21,22);1H. The third-order valence-corrected chi connectivity index (χ3v) is 8.34. The number of nitrogens with one attached hydrogen (secondary N) is 1. The fourth-order valence-corrected chi connectivity index (χ4v) is 5.25. The summed E-state index contributed by atoms with van der Waals surface area (Å²) in [6.45, 7) is 11.9. The zero-order valence-electron chi connectivity index (χ0n) is 17.5. The van der Waals surface area contributed by atoms with E-state index >= 15 is 0 Å². The highest BCUT2D eigenvalue weighted by Gasteiger charge is 2.53. The number of nitrogens with zero attached hydrogens (tertiary/aromatic N) is 3. The van der Waals surface area contributed by atoms with Crippen LogP contribution in [0, 0.1) is 5.41 Å². The Bertz CT molecular complexity index is 813. The van der Waals surface area contributed by atoms with Gasteiger partial charge in [0.05, 0.1) is 4.90 Å². The van der Waals surface area contributed by atoms with E-state index < -0.39 is 10.0 Å². The molecule has 1 aromatic carbocycles. The van der Waals surface area contributed by atoms with Crippen molar-refractivity contribution in [1.29, 1.82) is 0 Å². The van der Waals surface area contributed by atoms with Crippen molar-refractivity contribution < 1.29 is 8.42 Å². The first-order valence-electron chi connectivity index (χ1n) is 9.67. The summed E-state index contributed by atoms with van der Waals surface area (Å²) in [5.41, 5.74) is 1.33. The van der Waals surface area contributed by atoms with E-state index in [1.807, 2.05) is 12.1 Å². The van der Waals surface area contributed by atoms with Gasteiger partial charge in [0, 0.05) is 44.2 Å². The molecular weight excluding hydrogens is 487 g/mol. The molecule has 1 aromatic rings. The van der Waals surface area contributed by atoms with Crippen LogP contribution in [0.2, 0.25) is 0 Å². The predicted molar refractivity (Wildman–Crippen MR) is 125 cm³/mol. The van der Waals surface area contributed by atoms with Gasteiger partial charge < -0.3 is 10.2 Å². The molecule has 158 valence electrons. The highest BCUT2D eigenvalue weighted by molar-refractivity contribution is 14.0. The van der Waals surface area contributed by atoms with E-state index in [4.69, 9.17) is 0 Å². The first kappa shape index (κ1) is 23.4. The molecule has 2 saturated heterocycles. The molecule has 8 heteroatoms. The van der Waals surface area contributed by atoms with Crippen LogP contribution >= 0.6 is 24.0 Å². The minimum atomic E-state index is -3.35. The van der Waals surface area contributed by atoms with Gasteiger partial charge in [0.2, 0.25) is 10.0 Å². The first-order valence-corrected chi connectivity index (χ1v) is 11.1. The van der Waals surface area contributed by atoms with Crippen LogP contribution in [0.4, 0.5) is 0 Å². The second-order valence-electron chi connectivity index (χ2n) is 8.68. The van der Waals surface area contributed by atoms with E-state index in [2.05, 4.69) is 42.9 Å². The molecule has 0 spiro atoms. The van der Waals surface area contributed by atoms with Crippen LogP contribution in [-0.4, -0.2) is 55.8 Å². The van der Waals surface area contributed by atoms with Crippen molar-refractivity contribution in [3.05, 3.63) is 29.8 Å². The van der Waals surface area contributed by atoms with Crippen LogP contribution in [0.5, 0.6) is 0 Å². The lowest BCUT2D eigenvalue weighted by Crippen LogP contribution is -2.72. The second kappa shape index (κ2) is 8.47. The Labute approximate surface area is 186 Å². The summed E-state index contributed by atoms with van der Waals surface area (Å²) in [5.74, 6) is 0.882. The topological polar surface area (TPSA) is 65.0 Å². The molecule has 0 radical (unpaired) electrons. The van der Waals surface area contributed by atoms with E-state index in [0.29, 0.717) is 24.5 Å². The normalized spacial score (nSPS) is 21.8. The molecule has 2 aliphatic rings. The zero-order chi connectivity index (χ0) is 19.9. The molecule has 0 saturated carbocycles. The van der Waals surface area contributed by atoms with Gasteiger partial charge in [-0.1, -0.05) is 26.0 Å². The van der Waals surface area contributed by atoms with Crippen LogP contribution in [-0.2, 0) is 16.6 Å². The molecule has 2 aliphatic heterocycles. The van der Waals surface area contributed by atoms with Crippen molar-refractivity contribution in [2.45, 2.75) is 57.5 Å². The van der Waals surface area contributed by atoms with Crippen molar-refractivity contribution in [1.82, 2.24) is 14.5 Å². The van der Waals surface area contributed by atoms with Gasteiger partial charge in [-0.3, -0.25) is 4.99 Å². The number of likely N-dealkylation sites (tertiary alicyclic amines) is 1. The Morgan fingerprint density at radius 2 is 1.68 bits per heavy atom. The first-order chi connectivity index (χ1) is 12.6. The Balaban J connectivity index is 0.00000280. The molecule has 28 heavy (non-hydrogen) atoms. The van der Waals surface area contributed by atoms with E-state index in [0.717, 1.165) is 30.9 Å². The summed E-state index contributed by atoms with van der Waals surface area (Å²) in [5, 5.41) is 3.41. The molecule has 2 fully saturated rings. The average Bonchev–Trinajstić information content (AvgIpc) is 3.17. The maximum Gasteiger partial charge on any atom is 0.243 e. The minimum Gasteiger partial charge on any atom is -0.352 e. The summed E-state index contributed by atoms with van der Waals surface area (Å²) in [6, 6.07) is 7.19. The Hall–Kier alpha value is -0.870. The van der Waals surface area contributed by atoms with E-state index in [-0.39, 0.29) is 34.9 Å². The molecule has 6 nitrogen and oxygen atoms in total. The summed E-state index contributed by atoms with van der Waals surface area (Å²) < 4.78 is 26.8. The van der Waals surface area contributed by atoms with E-state index in [1.54, 1.807) is 23.5 Å². The fourth-order valence-electron chi connectivity index (χ4n) is 3.73. The number of hydrogen-bond donors (Lipinski definition) is 1. The number of hydrogen-bond acceptors (Lipinski definition) is 3. The maximum absolute atomic E-state index is 12.6. The molecule has 3 rings (SSSR count). The zero-order valence-corrected chi connectivity index (χ0v) is 20.7. The van der Waals surface area contributed by atoms with Crippen molar-refractivity contribution in [2.24, 2.45) is 10.4 Å². The number of halogens is 1. The SMILES string of the molecule is CN=C(NCc1ccc(S(=O)(=O)N2CCCC2)cc1)N1CC(C)(C)C1(C)C.I. The lowest BCUT2D eigenvalue weighted by atomic mass is 9.65. The molecule has 0 aliphatic carbocycles. The van der Waals surface area contributed by atoms with E-state index in [1.165, 1.54) is 0 Å². The van der Waals surface area contributed by atoms with Crippen molar-refractivity contribution in [2.75, 3.05) is 26.7 Å². The smallest absolute Gasteiger partial charge is 0.243 e. The van der Waals surface area contributed by atoms with Gasteiger partial charge in [0.25, 0.3) is 0 Å². The van der Waals surface area contributed by atoms with Gasteiger partial charge in [-0.15, -0.1) is 24.0 Å². The third kappa shape index (κ3) is 4.18. The van der Waals surface area contributed by atoms with Gasteiger partial charge >= 0.3 is 0 Å². The molecule has 0 unspecified atom stereocenters. The number of guanidine groups is 1. The van der Waals surface area contributed by atoms with Gasteiger partial charge in [0.1, 0.15) is 0 Å². The van der Waals surface area contributed by atoms with Crippen molar-refractivity contribution in [3.8, 4) is 0 Å². The van der Waals surface area contributed by atoms with Crippen LogP contribution in [0.3, 0.4) is 0 Å². The van der Waals surface area contributed by atoms with Crippen molar-refractivity contribution in [3.63, 3.8) is 0 Å². The molecule has 1 N–H and O–H groups in total. The highest BCUT2D eigenvalue weighted by Crippen LogP contribution is 2.46. The largest absolute Gasteiger partial charge is 0.352 e. The Morgan fingerprint density at radius 1 is 1.11 bits per heavy atom. The molecule has 2 heterocycles. The molecular formula is C20H33IN4O2S. The van der Waals surface area contributed by atoms with Gasteiger partial charge in [-0.25, -0.2) is 8.42 Å². The monoisotopic (exact) mass is 520 g/mol. The minimum absolute atomic E-state index is 0. The summed E-state index contributed by atoms with van der Waals surface area (Å²) in [7, 11) is -1.55. The summed E-state index contributed by atoms with van der Waals surface area (Å²) in [6.07, 6.45) is 1.90. The fraction of sp³-hybridized carbons (Fsp3) is 0.650. The lowest BCUT2D eigenvalue weighted by molar-refractivity contribution is -0.0667. The Kier molecular flexibility index (Phi) is 7.08. The summed E-state index contributed by atoms with van der Waals surface area (Å²) >= 11 is 0. The predicted octanol–water partition coefficient (Wildman–Crippen LogP) is 3.28. The van der Waals surface area contributed by atoms with E-state index in [9.17, 15) is 8.42 Å².